The van der Waals surface area contributed by atoms with Crippen molar-refractivity contribution in [1.82, 2.24) is 5.32 Å². The number of ether oxygens (including phenoxy) is 3. The van der Waals surface area contributed by atoms with E-state index in [0.29, 0.717) is 0 Å². The normalized spacial score (nSPS) is 29.5. The lowest BCUT2D eigenvalue weighted by molar-refractivity contribution is -0.144. The van der Waals surface area contributed by atoms with Crippen LogP contribution in [0, 0.1) is 5.92 Å². The van der Waals surface area contributed by atoms with Crippen LogP contribution in [-0.4, -0.2) is 48.3 Å². The summed E-state index contributed by atoms with van der Waals surface area (Å²) in [5, 5.41) is 2.99. The number of esters is 2. The highest BCUT2D eigenvalue weighted by Crippen LogP contribution is 2.28. The van der Waals surface area contributed by atoms with Crippen LogP contribution in [0.1, 0.15) is 60.8 Å². The van der Waals surface area contributed by atoms with Gasteiger partial charge in [-0.1, -0.05) is 30.2 Å². The Hall–Kier alpha value is -2.67. The topological polar surface area (TPSA) is 90.9 Å². The Morgan fingerprint density at radius 3 is 2.67 bits per heavy atom. The Morgan fingerprint density at radius 1 is 1.27 bits per heavy atom. The highest BCUT2D eigenvalue weighted by atomic mass is 16.5. The molecular weight excluding hydrogens is 422 g/mol. The zero-order valence-electron chi connectivity index (χ0n) is 20.5. The lowest BCUT2D eigenvalue weighted by Crippen LogP contribution is -2.50. The third kappa shape index (κ3) is 9.38. The fraction of sp³-hybridized carbons (Fsp3) is 0.577. The summed E-state index contributed by atoms with van der Waals surface area (Å²) in [5.41, 5.74) is 2.11. The van der Waals surface area contributed by atoms with Gasteiger partial charge in [-0.3, -0.25) is 9.59 Å². The molecule has 1 saturated heterocycles. The van der Waals surface area contributed by atoms with Crippen LogP contribution >= 0.6 is 0 Å². The molecule has 0 radical (unpaired) electrons. The first-order valence-corrected chi connectivity index (χ1v) is 11.6. The van der Waals surface area contributed by atoms with Gasteiger partial charge in [-0.2, -0.15) is 0 Å². The van der Waals surface area contributed by atoms with Gasteiger partial charge >= 0.3 is 11.9 Å². The summed E-state index contributed by atoms with van der Waals surface area (Å²) in [6, 6.07) is -0.0836. The minimum Gasteiger partial charge on any atom is -0.459 e. The summed E-state index contributed by atoms with van der Waals surface area (Å²) in [6.45, 7) is 11.1. The van der Waals surface area contributed by atoms with Crippen molar-refractivity contribution in [3.05, 3.63) is 47.6 Å². The van der Waals surface area contributed by atoms with E-state index in [0.717, 1.165) is 30.4 Å². The van der Waals surface area contributed by atoms with Gasteiger partial charge in [-0.25, -0.2) is 4.79 Å². The molecule has 0 saturated carbocycles. The Balaban J connectivity index is 1.83. The average Bonchev–Trinajstić information content (AvgIpc) is 2.71. The SMILES string of the molecule is CC(=O)OC(C)C=CC(=O)N[C@@H]1C[C@H](C)[C@H](C/C=C(C)/C=C/[C@@H]2CC(C)=CC(=O)O2)O[C@@H]1C. The highest BCUT2D eigenvalue weighted by Gasteiger charge is 2.33. The molecule has 2 heterocycles. The molecule has 33 heavy (non-hydrogen) atoms. The number of carbonyl (C=O) groups excluding carboxylic acids is 3. The van der Waals surface area contributed by atoms with Crippen molar-refractivity contribution < 1.29 is 28.6 Å². The first-order valence-electron chi connectivity index (χ1n) is 11.6. The van der Waals surface area contributed by atoms with Gasteiger partial charge in [-0.05, 0) is 58.6 Å². The van der Waals surface area contributed by atoms with Crippen LogP contribution in [0.3, 0.4) is 0 Å². The minimum absolute atomic E-state index is 0.0636. The molecule has 1 amide bonds. The molecular formula is C26H37NO6. The van der Waals surface area contributed by atoms with E-state index in [1.165, 1.54) is 19.1 Å². The molecule has 0 aromatic carbocycles. The van der Waals surface area contributed by atoms with Crippen molar-refractivity contribution in [1.29, 1.82) is 0 Å². The monoisotopic (exact) mass is 459 g/mol. The van der Waals surface area contributed by atoms with Gasteiger partial charge in [0, 0.05) is 25.5 Å². The minimum atomic E-state index is -0.452. The van der Waals surface area contributed by atoms with Crippen LogP contribution in [0.4, 0.5) is 0 Å². The lowest BCUT2D eigenvalue weighted by atomic mass is 9.88. The van der Waals surface area contributed by atoms with E-state index in [-0.39, 0.29) is 48.1 Å². The van der Waals surface area contributed by atoms with E-state index in [4.69, 9.17) is 14.2 Å². The molecule has 6 atom stereocenters. The van der Waals surface area contributed by atoms with E-state index in [1.54, 1.807) is 13.0 Å². The van der Waals surface area contributed by atoms with Crippen molar-refractivity contribution in [2.75, 3.05) is 0 Å². The van der Waals surface area contributed by atoms with Crippen molar-refractivity contribution >= 4 is 17.8 Å². The van der Waals surface area contributed by atoms with E-state index in [2.05, 4.69) is 18.3 Å². The van der Waals surface area contributed by atoms with E-state index in [9.17, 15) is 14.4 Å². The number of cyclic esters (lactones) is 1. The van der Waals surface area contributed by atoms with Gasteiger partial charge in [0.25, 0.3) is 0 Å². The second kappa shape index (κ2) is 12.5. The van der Waals surface area contributed by atoms with Gasteiger partial charge in [0.05, 0.1) is 18.2 Å². The summed E-state index contributed by atoms with van der Waals surface area (Å²) < 4.78 is 16.5. The molecule has 2 aliphatic heterocycles. The Morgan fingerprint density at radius 2 is 2.00 bits per heavy atom. The second-order valence-corrected chi connectivity index (χ2v) is 9.09. The van der Waals surface area contributed by atoms with Gasteiger partial charge < -0.3 is 19.5 Å². The molecule has 1 N–H and O–H groups in total. The summed E-state index contributed by atoms with van der Waals surface area (Å²) >= 11 is 0. The predicted octanol–water partition coefficient (Wildman–Crippen LogP) is 3.95. The summed E-state index contributed by atoms with van der Waals surface area (Å²) in [6.07, 6.45) is 12.1. The molecule has 2 rings (SSSR count). The van der Waals surface area contributed by atoms with Gasteiger partial charge in [0.15, 0.2) is 0 Å². The maximum absolute atomic E-state index is 12.2. The molecule has 0 bridgehead atoms. The number of hydrogen-bond donors (Lipinski definition) is 1. The quantitative estimate of drug-likeness (QED) is 0.336. The van der Waals surface area contributed by atoms with Crippen molar-refractivity contribution in [3.63, 3.8) is 0 Å². The number of rotatable bonds is 8. The smallest absolute Gasteiger partial charge is 0.331 e. The Bertz CT molecular complexity index is 840. The summed E-state index contributed by atoms with van der Waals surface area (Å²) in [5.74, 6) is -0.624. The summed E-state index contributed by atoms with van der Waals surface area (Å²) in [4.78, 5) is 34.7. The van der Waals surface area contributed by atoms with Crippen molar-refractivity contribution in [2.45, 2.75) is 91.3 Å². The van der Waals surface area contributed by atoms with Crippen molar-refractivity contribution in [3.8, 4) is 0 Å². The third-order valence-corrected chi connectivity index (χ3v) is 5.82. The third-order valence-electron chi connectivity index (χ3n) is 5.82. The molecule has 0 aromatic rings. The molecule has 1 fully saturated rings. The number of allylic oxidation sites excluding steroid dienone is 2. The fourth-order valence-electron chi connectivity index (χ4n) is 4.01. The van der Waals surface area contributed by atoms with Crippen LogP contribution in [-0.2, 0) is 28.6 Å². The molecule has 7 heteroatoms. The van der Waals surface area contributed by atoms with Crippen LogP contribution < -0.4 is 5.32 Å². The number of amides is 1. The largest absolute Gasteiger partial charge is 0.459 e. The van der Waals surface area contributed by atoms with E-state index < -0.39 is 6.10 Å². The molecule has 2 aliphatic rings. The zero-order valence-corrected chi connectivity index (χ0v) is 20.5. The molecule has 0 spiro atoms. The van der Waals surface area contributed by atoms with E-state index in [1.807, 2.05) is 32.9 Å². The first-order chi connectivity index (χ1) is 15.5. The second-order valence-electron chi connectivity index (χ2n) is 9.09. The van der Waals surface area contributed by atoms with Crippen LogP contribution in [0.5, 0.6) is 0 Å². The predicted molar refractivity (Wildman–Crippen MR) is 126 cm³/mol. The lowest BCUT2D eigenvalue weighted by Gasteiger charge is -2.39. The van der Waals surface area contributed by atoms with Crippen molar-refractivity contribution in [2.24, 2.45) is 5.92 Å². The number of nitrogens with one attached hydrogen (secondary N) is 1. The molecule has 7 nitrogen and oxygen atoms in total. The van der Waals surface area contributed by atoms with Gasteiger partial charge in [0.2, 0.25) is 5.91 Å². The Kier molecular flexibility index (Phi) is 10.1. The maximum Gasteiger partial charge on any atom is 0.331 e. The molecule has 0 aromatic heterocycles. The molecule has 0 aliphatic carbocycles. The first kappa shape index (κ1) is 26.6. The van der Waals surface area contributed by atoms with E-state index >= 15 is 0 Å². The van der Waals surface area contributed by atoms with Crippen LogP contribution in [0.2, 0.25) is 0 Å². The van der Waals surface area contributed by atoms with Gasteiger partial charge in [-0.15, -0.1) is 0 Å². The standard InChI is InChI=1S/C26H37NO6/c1-16(7-10-22-13-17(2)14-26(30)33-22)8-11-24-18(3)15-23(20(5)32-24)27-25(29)12-9-19(4)31-21(6)28/h7-10,12,14,18-20,22-24H,11,13,15H2,1-6H3,(H,27,29)/b10-7+,12-9?,16-8+/t18-,19?,20+,22+,23+,24-/m0/s1. The summed E-state index contributed by atoms with van der Waals surface area (Å²) in [7, 11) is 0. The molecule has 182 valence electrons. The number of hydrogen-bond acceptors (Lipinski definition) is 6. The average molecular weight is 460 g/mol. The van der Waals surface area contributed by atoms with Gasteiger partial charge in [0.1, 0.15) is 12.2 Å². The van der Waals surface area contributed by atoms with Crippen LogP contribution in [0.15, 0.2) is 47.6 Å². The zero-order chi connectivity index (χ0) is 24.5. The number of carbonyl (C=O) groups is 3. The molecule has 1 unspecified atom stereocenters. The maximum atomic E-state index is 12.2. The highest BCUT2D eigenvalue weighted by molar-refractivity contribution is 5.87. The fourth-order valence-corrected chi connectivity index (χ4v) is 4.01. The Labute approximate surface area is 196 Å². The van der Waals surface area contributed by atoms with Crippen LogP contribution in [0.25, 0.3) is 0 Å².